The molecule has 0 unspecified atom stereocenters. The van der Waals surface area contributed by atoms with E-state index in [-0.39, 0.29) is 17.4 Å². The number of aromatic nitrogens is 2. The Labute approximate surface area is 114 Å². The lowest BCUT2D eigenvalue weighted by Gasteiger charge is -2.07. The van der Waals surface area contributed by atoms with E-state index in [4.69, 9.17) is 5.11 Å². The number of carbonyl (C=O) groups is 1. The van der Waals surface area contributed by atoms with Crippen molar-refractivity contribution in [3.8, 4) is 11.3 Å². The Balaban J connectivity index is 2.53. The maximum absolute atomic E-state index is 11.2. The first-order valence-electron chi connectivity index (χ1n) is 5.98. The average Bonchev–Trinajstić information content (AvgIpc) is 2.84. The number of nitro benzene ring substituents is 1. The van der Waals surface area contributed by atoms with Crippen LogP contribution in [0.25, 0.3) is 11.3 Å². The molecule has 7 nitrogen and oxygen atoms in total. The fourth-order valence-corrected chi connectivity index (χ4v) is 1.87. The van der Waals surface area contributed by atoms with Gasteiger partial charge in [-0.15, -0.1) is 0 Å². The van der Waals surface area contributed by atoms with Crippen molar-refractivity contribution in [2.45, 2.75) is 19.9 Å². The molecule has 7 heteroatoms. The number of carboxylic acid groups (broad SMARTS) is 1. The molecule has 0 saturated heterocycles. The number of nitrogens with zero attached hydrogens (tertiary/aromatic N) is 3. The van der Waals surface area contributed by atoms with E-state index in [1.54, 1.807) is 12.1 Å². The molecule has 20 heavy (non-hydrogen) atoms. The zero-order valence-electron chi connectivity index (χ0n) is 11.0. The van der Waals surface area contributed by atoms with E-state index < -0.39 is 10.9 Å². The van der Waals surface area contributed by atoms with E-state index in [9.17, 15) is 14.9 Å². The van der Waals surface area contributed by atoms with Crippen LogP contribution in [0.15, 0.2) is 30.3 Å². The van der Waals surface area contributed by atoms with Gasteiger partial charge < -0.3 is 5.11 Å². The molecule has 0 bridgehead atoms. The molecule has 0 aliphatic rings. The van der Waals surface area contributed by atoms with Crippen LogP contribution in [0, 0.1) is 10.1 Å². The Bertz CT molecular complexity index is 676. The monoisotopic (exact) mass is 275 g/mol. The number of benzene rings is 1. The maximum Gasteiger partial charge on any atom is 0.354 e. The predicted octanol–water partition coefficient (Wildman–Crippen LogP) is 2.74. The minimum Gasteiger partial charge on any atom is -0.477 e. The second-order valence-corrected chi connectivity index (χ2v) is 4.57. The van der Waals surface area contributed by atoms with Crippen molar-refractivity contribution >= 4 is 11.7 Å². The third kappa shape index (κ3) is 2.51. The quantitative estimate of drug-likeness (QED) is 0.683. The maximum atomic E-state index is 11.2. The van der Waals surface area contributed by atoms with Gasteiger partial charge in [0.15, 0.2) is 0 Å². The molecule has 0 spiro atoms. The van der Waals surface area contributed by atoms with Crippen molar-refractivity contribution in [3.05, 3.63) is 46.1 Å². The van der Waals surface area contributed by atoms with Crippen LogP contribution in [0.4, 0.5) is 5.69 Å². The normalized spacial score (nSPS) is 10.8. The van der Waals surface area contributed by atoms with Crippen LogP contribution < -0.4 is 0 Å². The van der Waals surface area contributed by atoms with E-state index in [0.29, 0.717) is 11.3 Å². The van der Waals surface area contributed by atoms with Gasteiger partial charge in [0.25, 0.3) is 5.69 Å². The van der Waals surface area contributed by atoms with Gasteiger partial charge in [0, 0.05) is 23.7 Å². The van der Waals surface area contributed by atoms with Gasteiger partial charge in [0.05, 0.1) is 10.6 Å². The van der Waals surface area contributed by atoms with Crippen molar-refractivity contribution in [3.63, 3.8) is 0 Å². The first-order chi connectivity index (χ1) is 9.40. The summed E-state index contributed by atoms with van der Waals surface area (Å²) in [5, 5.41) is 24.1. The molecule has 0 aliphatic carbocycles. The summed E-state index contributed by atoms with van der Waals surface area (Å²) >= 11 is 0. The number of carboxylic acids is 1. The molecule has 0 amide bonds. The molecule has 104 valence electrons. The van der Waals surface area contributed by atoms with Crippen LogP contribution in [0.5, 0.6) is 0 Å². The van der Waals surface area contributed by atoms with Gasteiger partial charge >= 0.3 is 5.97 Å². The van der Waals surface area contributed by atoms with Crippen molar-refractivity contribution < 1.29 is 14.8 Å². The van der Waals surface area contributed by atoms with E-state index in [1.165, 1.54) is 22.9 Å². The number of hydrogen-bond acceptors (Lipinski definition) is 4. The smallest absolute Gasteiger partial charge is 0.354 e. The number of aromatic carboxylic acids is 1. The highest BCUT2D eigenvalue weighted by atomic mass is 16.6. The van der Waals surface area contributed by atoms with Gasteiger partial charge in [-0.05, 0) is 19.9 Å². The number of hydrogen-bond donors (Lipinski definition) is 1. The molecular weight excluding hydrogens is 262 g/mol. The summed E-state index contributed by atoms with van der Waals surface area (Å²) in [6.07, 6.45) is 0. The minimum absolute atomic E-state index is 0.0570. The molecule has 0 atom stereocenters. The second kappa shape index (κ2) is 5.12. The molecule has 1 aromatic heterocycles. The Morgan fingerprint density at radius 2 is 2.10 bits per heavy atom. The van der Waals surface area contributed by atoms with Crippen LogP contribution in [0.1, 0.15) is 30.4 Å². The Morgan fingerprint density at radius 1 is 1.40 bits per heavy atom. The highest BCUT2D eigenvalue weighted by Gasteiger charge is 2.18. The van der Waals surface area contributed by atoms with Crippen LogP contribution in [-0.4, -0.2) is 25.8 Å². The standard InChI is InChI=1S/C13H13N3O4/c1-8(2)15-12(13(17)18)7-11(14-15)9-4-3-5-10(6-9)16(19)20/h3-8H,1-2H3,(H,17,18). The van der Waals surface area contributed by atoms with Crippen LogP contribution in [0.2, 0.25) is 0 Å². The third-order valence-corrected chi connectivity index (χ3v) is 2.80. The van der Waals surface area contributed by atoms with Crippen LogP contribution >= 0.6 is 0 Å². The molecule has 1 heterocycles. The number of rotatable bonds is 4. The molecular formula is C13H13N3O4. The second-order valence-electron chi connectivity index (χ2n) is 4.57. The fourth-order valence-electron chi connectivity index (χ4n) is 1.87. The van der Waals surface area contributed by atoms with Crippen molar-refractivity contribution in [2.75, 3.05) is 0 Å². The summed E-state index contributed by atoms with van der Waals surface area (Å²) in [7, 11) is 0. The Morgan fingerprint density at radius 3 is 2.60 bits per heavy atom. The van der Waals surface area contributed by atoms with Crippen LogP contribution in [-0.2, 0) is 0 Å². The van der Waals surface area contributed by atoms with Crippen LogP contribution in [0.3, 0.4) is 0 Å². The van der Waals surface area contributed by atoms with Crippen molar-refractivity contribution in [1.29, 1.82) is 0 Å². The average molecular weight is 275 g/mol. The number of non-ortho nitro benzene ring substituents is 1. The summed E-state index contributed by atoms with van der Waals surface area (Å²) in [5.41, 5.74) is 0.917. The largest absolute Gasteiger partial charge is 0.477 e. The topological polar surface area (TPSA) is 98.3 Å². The van der Waals surface area contributed by atoms with E-state index >= 15 is 0 Å². The van der Waals surface area contributed by atoms with Gasteiger partial charge in [-0.25, -0.2) is 4.79 Å². The lowest BCUT2D eigenvalue weighted by molar-refractivity contribution is -0.384. The fraction of sp³-hybridized carbons (Fsp3) is 0.231. The summed E-state index contributed by atoms with van der Waals surface area (Å²) in [6, 6.07) is 7.25. The third-order valence-electron chi connectivity index (χ3n) is 2.80. The van der Waals surface area contributed by atoms with Crippen molar-refractivity contribution in [2.24, 2.45) is 0 Å². The summed E-state index contributed by atoms with van der Waals surface area (Å²) in [4.78, 5) is 21.4. The molecule has 0 fully saturated rings. The molecule has 2 aromatic rings. The summed E-state index contributed by atoms with van der Waals surface area (Å²) in [6.45, 7) is 3.63. The predicted molar refractivity (Wildman–Crippen MR) is 71.7 cm³/mol. The first kappa shape index (κ1) is 13.7. The Hall–Kier alpha value is -2.70. The SMILES string of the molecule is CC(C)n1nc(-c2cccc([N+](=O)[O-])c2)cc1C(=O)O. The molecule has 1 N–H and O–H groups in total. The highest BCUT2D eigenvalue weighted by Crippen LogP contribution is 2.24. The van der Waals surface area contributed by atoms with Crippen molar-refractivity contribution in [1.82, 2.24) is 9.78 Å². The lowest BCUT2D eigenvalue weighted by atomic mass is 10.1. The zero-order chi connectivity index (χ0) is 14.9. The molecule has 2 rings (SSSR count). The van der Waals surface area contributed by atoms with E-state index in [2.05, 4.69) is 5.10 Å². The van der Waals surface area contributed by atoms with Gasteiger partial charge in [-0.2, -0.15) is 5.10 Å². The lowest BCUT2D eigenvalue weighted by Crippen LogP contribution is -2.11. The van der Waals surface area contributed by atoms with Gasteiger partial charge in [0.2, 0.25) is 0 Å². The van der Waals surface area contributed by atoms with E-state index in [0.717, 1.165) is 0 Å². The molecule has 0 radical (unpaired) electrons. The first-order valence-corrected chi connectivity index (χ1v) is 5.98. The summed E-state index contributed by atoms with van der Waals surface area (Å²) < 4.78 is 1.39. The Kier molecular flexibility index (Phi) is 3.51. The highest BCUT2D eigenvalue weighted by molar-refractivity contribution is 5.87. The number of nitro groups is 1. The van der Waals surface area contributed by atoms with E-state index in [1.807, 2.05) is 13.8 Å². The molecule has 0 saturated carbocycles. The molecule has 0 aliphatic heterocycles. The summed E-state index contributed by atoms with van der Waals surface area (Å²) in [5.74, 6) is -1.08. The molecule has 1 aromatic carbocycles. The van der Waals surface area contributed by atoms with Gasteiger partial charge in [-0.1, -0.05) is 12.1 Å². The van der Waals surface area contributed by atoms with Gasteiger partial charge in [0.1, 0.15) is 5.69 Å². The zero-order valence-corrected chi connectivity index (χ0v) is 11.0. The van der Waals surface area contributed by atoms with Gasteiger partial charge in [-0.3, -0.25) is 14.8 Å². The minimum atomic E-state index is -1.08.